The van der Waals surface area contributed by atoms with Crippen LogP contribution < -0.4 is 10.0 Å². The average Bonchev–Trinajstić information content (AvgIpc) is 2.30. The van der Waals surface area contributed by atoms with Crippen molar-refractivity contribution in [3.05, 3.63) is 0 Å². The Morgan fingerprint density at radius 3 is 2.50 bits per heavy atom. The van der Waals surface area contributed by atoms with Gasteiger partial charge in [-0.1, -0.05) is 6.92 Å². The van der Waals surface area contributed by atoms with E-state index in [0.717, 1.165) is 13.0 Å². The third-order valence-electron chi connectivity index (χ3n) is 2.32. The molecule has 0 radical (unpaired) electrons. The molecule has 1 heterocycles. The lowest BCUT2D eigenvalue weighted by molar-refractivity contribution is 0.0725. The van der Waals surface area contributed by atoms with Gasteiger partial charge in [-0.3, -0.25) is 0 Å². The third-order valence-corrected chi connectivity index (χ3v) is 3.94. The van der Waals surface area contributed by atoms with Crippen molar-refractivity contribution in [2.45, 2.75) is 13.3 Å². The van der Waals surface area contributed by atoms with E-state index in [2.05, 4.69) is 17.0 Å². The Hall–Kier alpha value is -0.210. The molecule has 96 valence electrons. The molecule has 0 aromatic carbocycles. The fraction of sp³-hybridized carbons (Fsp3) is 1.00. The topological polar surface area (TPSA) is 70.7 Å². The first kappa shape index (κ1) is 13.9. The minimum Gasteiger partial charge on any atom is -0.379 e. The van der Waals surface area contributed by atoms with Gasteiger partial charge in [0.2, 0.25) is 0 Å². The highest BCUT2D eigenvalue weighted by molar-refractivity contribution is 7.87. The van der Waals surface area contributed by atoms with Crippen LogP contribution in [0.15, 0.2) is 0 Å². The maximum Gasteiger partial charge on any atom is 0.279 e. The minimum absolute atomic E-state index is 0.430. The molecule has 1 fully saturated rings. The van der Waals surface area contributed by atoms with Gasteiger partial charge in [0.1, 0.15) is 0 Å². The zero-order valence-electron chi connectivity index (χ0n) is 9.74. The van der Waals surface area contributed by atoms with E-state index in [1.165, 1.54) is 4.31 Å². The van der Waals surface area contributed by atoms with Crippen molar-refractivity contribution in [1.29, 1.82) is 0 Å². The summed E-state index contributed by atoms with van der Waals surface area (Å²) in [5.41, 5.74) is 0. The van der Waals surface area contributed by atoms with E-state index in [-0.39, 0.29) is 0 Å². The first-order valence-corrected chi connectivity index (χ1v) is 7.14. The third kappa shape index (κ3) is 4.75. The Balaban J connectivity index is 2.22. The van der Waals surface area contributed by atoms with E-state index in [1.807, 2.05) is 0 Å². The fourth-order valence-electron chi connectivity index (χ4n) is 1.45. The summed E-state index contributed by atoms with van der Waals surface area (Å²) in [5, 5.41) is 3.14. The molecule has 2 N–H and O–H groups in total. The van der Waals surface area contributed by atoms with Crippen LogP contribution in [0.4, 0.5) is 0 Å². The molecule has 0 aromatic heterocycles. The second kappa shape index (κ2) is 7.18. The maximum atomic E-state index is 11.7. The van der Waals surface area contributed by atoms with Crippen LogP contribution >= 0.6 is 0 Å². The Morgan fingerprint density at radius 2 is 1.88 bits per heavy atom. The highest BCUT2D eigenvalue weighted by atomic mass is 32.2. The van der Waals surface area contributed by atoms with Gasteiger partial charge in [-0.25, -0.2) is 4.72 Å². The summed E-state index contributed by atoms with van der Waals surface area (Å²) in [7, 11) is -3.31. The molecule has 0 amide bonds. The normalized spacial score (nSPS) is 18.8. The number of ether oxygens (including phenoxy) is 1. The average molecular weight is 251 g/mol. The maximum absolute atomic E-state index is 11.7. The van der Waals surface area contributed by atoms with Crippen molar-refractivity contribution in [2.75, 3.05) is 45.9 Å². The van der Waals surface area contributed by atoms with Gasteiger partial charge in [0, 0.05) is 26.2 Å². The van der Waals surface area contributed by atoms with E-state index in [4.69, 9.17) is 4.74 Å². The van der Waals surface area contributed by atoms with Crippen LogP contribution in [0.25, 0.3) is 0 Å². The quantitative estimate of drug-likeness (QED) is 0.578. The number of morpholine rings is 1. The van der Waals surface area contributed by atoms with Crippen molar-refractivity contribution >= 4 is 10.2 Å². The van der Waals surface area contributed by atoms with E-state index in [9.17, 15) is 8.42 Å². The van der Waals surface area contributed by atoms with Crippen LogP contribution in [-0.4, -0.2) is 58.7 Å². The zero-order valence-corrected chi connectivity index (χ0v) is 10.6. The molecular formula is C9H21N3O3S. The summed E-state index contributed by atoms with van der Waals surface area (Å²) in [6.45, 7) is 5.93. The monoisotopic (exact) mass is 251 g/mol. The molecule has 1 aliphatic rings. The molecule has 16 heavy (non-hydrogen) atoms. The van der Waals surface area contributed by atoms with Gasteiger partial charge in [-0.15, -0.1) is 0 Å². The smallest absolute Gasteiger partial charge is 0.279 e. The van der Waals surface area contributed by atoms with Gasteiger partial charge in [-0.2, -0.15) is 12.7 Å². The van der Waals surface area contributed by atoms with E-state index in [1.54, 1.807) is 0 Å². The molecule has 0 atom stereocenters. The Kier molecular flexibility index (Phi) is 6.22. The van der Waals surface area contributed by atoms with E-state index in [0.29, 0.717) is 39.4 Å². The molecule has 0 saturated carbocycles. The van der Waals surface area contributed by atoms with Crippen LogP contribution in [0.1, 0.15) is 13.3 Å². The molecule has 6 nitrogen and oxygen atoms in total. The fourth-order valence-corrected chi connectivity index (χ4v) is 2.62. The summed E-state index contributed by atoms with van der Waals surface area (Å²) < 4.78 is 32.6. The van der Waals surface area contributed by atoms with Gasteiger partial charge in [0.25, 0.3) is 10.2 Å². The molecule has 0 bridgehead atoms. The summed E-state index contributed by atoms with van der Waals surface area (Å²) in [6, 6.07) is 0. The Morgan fingerprint density at radius 1 is 1.19 bits per heavy atom. The lowest BCUT2D eigenvalue weighted by Gasteiger charge is -2.26. The van der Waals surface area contributed by atoms with Gasteiger partial charge >= 0.3 is 0 Å². The first-order chi connectivity index (χ1) is 7.67. The van der Waals surface area contributed by atoms with Gasteiger partial charge in [0.05, 0.1) is 13.2 Å². The van der Waals surface area contributed by atoms with Crippen molar-refractivity contribution in [3.8, 4) is 0 Å². The van der Waals surface area contributed by atoms with Gasteiger partial charge in [0.15, 0.2) is 0 Å². The number of rotatable bonds is 7. The molecule has 0 spiro atoms. The highest BCUT2D eigenvalue weighted by Gasteiger charge is 2.23. The van der Waals surface area contributed by atoms with E-state index >= 15 is 0 Å². The van der Waals surface area contributed by atoms with Crippen molar-refractivity contribution in [3.63, 3.8) is 0 Å². The molecule has 0 unspecified atom stereocenters. The van der Waals surface area contributed by atoms with Crippen LogP contribution in [0.5, 0.6) is 0 Å². The van der Waals surface area contributed by atoms with Gasteiger partial charge in [-0.05, 0) is 13.0 Å². The Bertz CT molecular complexity index is 276. The molecule has 1 saturated heterocycles. The Labute approximate surface area is 97.5 Å². The second-order valence-corrected chi connectivity index (χ2v) is 5.42. The molecule has 7 heteroatoms. The van der Waals surface area contributed by atoms with Crippen molar-refractivity contribution in [2.24, 2.45) is 0 Å². The predicted octanol–water partition coefficient (Wildman–Crippen LogP) is -0.847. The predicted molar refractivity (Wildman–Crippen MR) is 62.5 cm³/mol. The SMILES string of the molecule is CCCNCCNS(=O)(=O)N1CCOCC1. The van der Waals surface area contributed by atoms with Gasteiger partial charge < -0.3 is 10.1 Å². The number of hydrogen-bond donors (Lipinski definition) is 2. The molecule has 1 rings (SSSR count). The molecule has 0 aliphatic carbocycles. The minimum atomic E-state index is -3.31. The van der Waals surface area contributed by atoms with Crippen molar-refractivity contribution in [1.82, 2.24) is 14.3 Å². The van der Waals surface area contributed by atoms with Crippen LogP contribution in [0, 0.1) is 0 Å². The van der Waals surface area contributed by atoms with Crippen LogP contribution in [0.2, 0.25) is 0 Å². The van der Waals surface area contributed by atoms with Crippen LogP contribution in [0.3, 0.4) is 0 Å². The summed E-state index contributed by atoms with van der Waals surface area (Å²) in [5.74, 6) is 0. The summed E-state index contributed by atoms with van der Waals surface area (Å²) in [6.07, 6.45) is 1.05. The van der Waals surface area contributed by atoms with E-state index < -0.39 is 10.2 Å². The van der Waals surface area contributed by atoms with Crippen molar-refractivity contribution < 1.29 is 13.2 Å². The molecule has 0 aromatic rings. The first-order valence-electron chi connectivity index (χ1n) is 5.70. The van der Waals surface area contributed by atoms with Crippen LogP contribution in [-0.2, 0) is 14.9 Å². The number of hydrogen-bond acceptors (Lipinski definition) is 4. The standard InChI is InChI=1S/C9H21N3O3S/c1-2-3-10-4-5-11-16(13,14)12-6-8-15-9-7-12/h10-11H,2-9H2,1H3. The number of nitrogens with zero attached hydrogens (tertiary/aromatic N) is 1. The molecule has 1 aliphatic heterocycles. The second-order valence-electron chi connectivity index (χ2n) is 3.66. The largest absolute Gasteiger partial charge is 0.379 e. The summed E-state index contributed by atoms with van der Waals surface area (Å²) >= 11 is 0. The summed E-state index contributed by atoms with van der Waals surface area (Å²) in [4.78, 5) is 0. The number of nitrogens with one attached hydrogen (secondary N) is 2. The zero-order chi connectivity index (χ0) is 11.9. The molecular weight excluding hydrogens is 230 g/mol. The lowest BCUT2D eigenvalue weighted by atomic mass is 10.5. The lowest BCUT2D eigenvalue weighted by Crippen LogP contribution is -2.47. The highest BCUT2D eigenvalue weighted by Crippen LogP contribution is 2.01.